The first-order valence-electron chi connectivity index (χ1n) is 11.1. The van der Waals surface area contributed by atoms with Gasteiger partial charge in [-0.3, -0.25) is 0 Å². The van der Waals surface area contributed by atoms with Crippen molar-refractivity contribution in [2.24, 2.45) is 0 Å². The number of nitrogens with zero attached hydrogens (tertiary/aromatic N) is 3. The molecular formula is C24H32FN3O6. The van der Waals surface area contributed by atoms with Crippen molar-refractivity contribution < 1.29 is 33.3 Å². The lowest BCUT2D eigenvalue weighted by atomic mass is 10.1. The Hall–Kier alpha value is -2.98. The third-order valence-corrected chi connectivity index (χ3v) is 4.93. The first kappa shape index (κ1) is 25.6. The van der Waals surface area contributed by atoms with Gasteiger partial charge in [0, 0.05) is 6.07 Å². The molecule has 3 rings (SSSR count). The summed E-state index contributed by atoms with van der Waals surface area (Å²) in [4.78, 5) is 27.1. The number of aliphatic hydroxyl groups is 1. The van der Waals surface area contributed by atoms with E-state index < -0.39 is 41.7 Å². The Kier molecular flexibility index (Phi) is 7.32. The van der Waals surface area contributed by atoms with E-state index in [-0.39, 0.29) is 24.7 Å². The molecule has 0 bridgehead atoms. The number of rotatable bonds is 4. The van der Waals surface area contributed by atoms with Gasteiger partial charge in [-0.1, -0.05) is 30.3 Å². The molecule has 1 aliphatic rings. The molecule has 2 aromatic rings. The molecule has 9 nitrogen and oxygen atoms in total. The first-order valence-corrected chi connectivity index (χ1v) is 11.1. The van der Waals surface area contributed by atoms with Crippen molar-refractivity contribution in [3.63, 3.8) is 0 Å². The van der Waals surface area contributed by atoms with Gasteiger partial charge in [0.05, 0.1) is 17.8 Å². The third kappa shape index (κ3) is 5.92. The molecule has 186 valence electrons. The number of hydrogen-bond acceptors (Lipinski definition) is 7. The van der Waals surface area contributed by atoms with Crippen LogP contribution in [0.25, 0.3) is 0 Å². The highest BCUT2D eigenvalue weighted by atomic mass is 19.1. The summed E-state index contributed by atoms with van der Waals surface area (Å²) < 4.78 is 32.2. The van der Waals surface area contributed by atoms with E-state index in [4.69, 9.17) is 14.2 Å². The van der Waals surface area contributed by atoms with Gasteiger partial charge in [-0.15, -0.1) is 0 Å². The molecule has 1 aromatic carbocycles. The molecule has 1 fully saturated rings. The maximum Gasteiger partial charge on any atom is 0.425 e. The monoisotopic (exact) mass is 477 g/mol. The van der Waals surface area contributed by atoms with Gasteiger partial charge in [0.1, 0.15) is 30.2 Å². The van der Waals surface area contributed by atoms with E-state index >= 15 is 0 Å². The number of carbonyl (C=O) groups excluding carboxylic acids is 2. The molecule has 1 aromatic heterocycles. The summed E-state index contributed by atoms with van der Waals surface area (Å²) in [6, 6.07) is 10.4. The standard InChI is InChI=1S/C24H32FN3O6/c1-23(2,3)28-18(12-16(26-28)20-19(25)17(29)14-32-20)27(22(31)34-24(4,5)6)21(30)33-13-15-10-8-7-9-11-15/h7-12,17,19-20,29H,13-14H2,1-6H3/t17-,19+,20+/m0/s1. The number of benzene rings is 1. The molecule has 1 N–H and O–H groups in total. The number of carbonyl (C=O) groups is 2. The van der Waals surface area contributed by atoms with Crippen molar-refractivity contribution in [3.8, 4) is 0 Å². The molecule has 1 aliphatic heterocycles. The fourth-order valence-corrected chi connectivity index (χ4v) is 3.37. The largest absolute Gasteiger partial charge is 0.444 e. The number of imide groups is 1. The Bertz CT molecular complexity index is 1010. The number of hydrogen-bond donors (Lipinski definition) is 1. The lowest BCUT2D eigenvalue weighted by molar-refractivity contribution is 0.0560. The second-order valence-corrected chi connectivity index (χ2v) is 10.1. The number of anilines is 1. The van der Waals surface area contributed by atoms with Crippen LogP contribution in [0.2, 0.25) is 0 Å². The third-order valence-electron chi connectivity index (χ3n) is 4.93. The Morgan fingerprint density at radius 1 is 1.18 bits per heavy atom. The highest BCUT2D eigenvalue weighted by Crippen LogP contribution is 2.35. The number of aromatic nitrogens is 2. The Labute approximate surface area is 198 Å². The molecule has 0 saturated carbocycles. The van der Waals surface area contributed by atoms with Crippen molar-refractivity contribution in [3.05, 3.63) is 47.7 Å². The molecule has 0 radical (unpaired) electrons. The molecule has 0 unspecified atom stereocenters. The predicted octanol–water partition coefficient (Wildman–Crippen LogP) is 4.49. The van der Waals surface area contributed by atoms with Crippen molar-refractivity contribution in [1.82, 2.24) is 9.78 Å². The van der Waals surface area contributed by atoms with Gasteiger partial charge in [0.15, 0.2) is 6.17 Å². The molecule has 2 heterocycles. The molecular weight excluding hydrogens is 445 g/mol. The lowest BCUT2D eigenvalue weighted by Gasteiger charge is -2.29. The molecule has 34 heavy (non-hydrogen) atoms. The summed E-state index contributed by atoms with van der Waals surface area (Å²) in [5, 5.41) is 14.2. The highest BCUT2D eigenvalue weighted by molar-refractivity contribution is 6.08. The van der Waals surface area contributed by atoms with E-state index in [2.05, 4.69) is 5.10 Å². The molecule has 1 saturated heterocycles. The van der Waals surface area contributed by atoms with Crippen LogP contribution in [-0.2, 0) is 26.4 Å². The molecule has 10 heteroatoms. The van der Waals surface area contributed by atoms with Gasteiger partial charge in [-0.2, -0.15) is 10.00 Å². The minimum Gasteiger partial charge on any atom is -0.444 e. The van der Waals surface area contributed by atoms with Crippen LogP contribution in [0.5, 0.6) is 0 Å². The highest BCUT2D eigenvalue weighted by Gasteiger charge is 2.42. The van der Waals surface area contributed by atoms with Crippen LogP contribution in [0.1, 0.15) is 58.9 Å². The maximum absolute atomic E-state index is 14.5. The predicted molar refractivity (Wildman–Crippen MR) is 122 cm³/mol. The minimum atomic E-state index is -1.70. The van der Waals surface area contributed by atoms with E-state index in [9.17, 15) is 19.1 Å². The van der Waals surface area contributed by atoms with Crippen LogP contribution in [0, 0.1) is 0 Å². The van der Waals surface area contributed by atoms with E-state index in [1.54, 1.807) is 45.0 Å². The van der Waals surface area contributed by atoms with Gasteiger partial charge in [-0.25, -0.2) is 18.7 Å². The van der Waals surface area contributed by atoms with E-state index in [1.165, 1.54) is 10.7 Å². The van der Waals surface area contributed by atoms with Crippen LogP contribution in [0.3, 0.4) is 0 Å². The van der Waals surface area contributed by atoms with E-state index in [0.717, 1.165) is 10.5 Å². The number of alkyl halides is 1. The quantitative estimate of drug-likeness (QED) is 0.692. The molecule has 2 amide bonds. The number of ether oxygens (including phenoxy) is 3. The van der Waals surface area contributed by atoms with Gasteiger partial charge in [0.25, 0.3) is 0 Å². The summed E-state index contributed by atoms with van der Waals surface area (Å²) >= 11 is 0. The van der Waals surface area contributed by atoms with Crippen LogP contribution in [0.4, 0.5) is 19.8 Å². The number of amides is 2. The molecule has 0 aliphatic carbocycles. The first-order chi connectivity index (χ1) is 15.8. The Balaban J connectivity index is 2.01. The maximum atomic E-state index is 14.5. The smallest absolute Gasteiger partial charge is 0.425 e. The van der Waals surface area contributed by atoms with E-state index in [0.29, 0.717) is 0 Å². The SMILES string of the molecule is CC(C)(C)OC(=O)N(C(=O)OCc1ccccc1)c1cc([C@H]2OC[C@H](O)[C@H]2F)nn1C(C)(C)C. The van der Waals surface area contributed by atoms with Crippen LogP contribution in [-0.4, -0.2) is 51.6 Å². The number of halogens is 1. The normalized spacial score (nSPS) is 20.8. The average Bonchev–Trinajstić information content (AvgIpc) is 3.30. The number of aliphatic hydroxyl groups excluding tert-OH is 1. The average molecular weight is 478 g/mol. The van der Waals surface area contributed by atoms with Crippen LogP contribution in [0.15, 0.2) is 36.4 Å². The van der Waals surface area contributed by atoms with Crippen molar-refractivity contribution in [2.75, 3.05) is 11.5 Å². The minimum absolute atomic E-state index is 0.0343. The van der Waals surface area contributed by atoms with Crippen LogP contribution < -0.4 is 4.90 Å². The van der Waals surface area contributed by atoms with Crippen LogP contribution >= 0.6 is 0 Å². The summed E-state index contributed by atoms with van der Waals surface area (Å²) in [5.74, 6) is 0.0343. The van der Waals surface area contributed by atoms with Crippen molar-refractivity contribution in [2.45, 2.75) is 77.7 Å². The van der Waals surface area contributed by atoms with E-state index in [1.807, 2.05) is 26.8 Å². The van der Waals surface area contributed by atoms with Gasteiger partial charge in [-0.05, 0) is 47.1 Å². The lowest BCUT2D eigenvalue weighted by Crippen LogP contribution is -2.43. The van der Waals surface area contributed by atoms with Gasteiger partial charge < -0.3 is 19.3 Å². The van der Waals surface area contributed by atoms with Gasteiger partial charge >= 0.3 is 12.2 Å². The topological polar surface area (TPSA) is 103 Å². The second kappa shape index (κ2) is 9.71. The zero-order chi connectivity index (χ0) is 25.3. The van der Waals surface area contributed by atoms with Gasteiger partial charge in [0.2, 0.25) is 0 Å². The fourth-order valence-electron chi connectivity index (χ4n) is 3.37. The Morgan fingerprint density at radius 2 is 1.82 bits per heavy atom. The summed E-state index contributed by atoms with van der Waals surface area (Å²) in [5.41, 5.74) is -0.735. The molecule has 0 spiro atoms. The molecule has 3 atom stereocenters. The summed E-state index contributed by atoms with van der Waals surface area (Å²) in [7, 11) is 0. The van der Waals surface area contributed by atoms with Crippen molar-refractivity contribution in [1.29, 1.82) is 0 Å². The summed E-state index contributed by atoms with van der Waals surface area (Å²) in [6.45, 7) is 10.2. The summed E-state index contributed by atoms with van der Waals surface area (Å²) in [6.07, 6.45) is -6.06. The zero-order valence-electron chi connectivity index (χ0n) is 20.3. The Morgan fingerprint density at radius 3 is 2.35 bits per heavy atom. The van der Waals surface area contributed by atoms with Crippen molar-refractivity contribution >= 4 is 18.0 Å². The fraction of sp³-hybridized carbons (Fsp3) is 0.542. The zero-order valence-corrected chi connectivity index (χ0v) is 20.3. The second-order valence-electron chi connectivity index (χ2n) is 10.1.